The number of nitrogens with zero attached hydrogens (tertiary/aromatic N) is 2. The lowest BCUT2D eigenvalue weighted by molar-refractivity contribution is 0.0969. The summed E-state index contributed by atoms with van der Waals surface area (Å²) in [4.78, 5) is 30.0. The molecule has 5 nitrogen and oxygen atoms in total. The summed E-state index contributed by atoms with van der Waals surface area (Å²) in [5, 5.41) is 0. The normalized spacial score (nSPS) is 11.3. The third-order valence-corrected chi connectivity index (χ3v) is 4.49. The largest absolute Gasteiger partial charge is 0.465 e. The number of ketones is 2. The number of hydrogen-bond donors (Lipinski definition) is 0. The number of allylic oxidation sites excluding steroid dienone is 1. The van der Waals surface area contributed by atoms with Gasteiger partial charge in [0.05, 0.1) is 23.8 Å². The average Bonchev–Trinajstić information content (AvgIpc) is 3.35. The van der Waals surface area contributed by atoms with Crippen molar-refractivity contribution in [3.8, 4) is 0 Å². The highest BCUT2D eigenvalue weighted by molar-refractivity contribution is 6.07. The summed E-state index contributed by atoms with van der Waals surface area (Å²) in [6.45, 7) is 2.01. The van der Waals surface area contributed by atoms with Gasteiger partial charge >= 0.3 is 0 Å². The number of aromatic nitrogens is 2. The first kappa shape index (κ1) is 17.7. The highest BCUT2D eigenvalue weighted by atomic mass is 16.3. The number of furan rings is 1. The third-order valence-electron chi connectivity index (χ3n) is 4.49. The summed E-state index contributed by atoms with van der Waals surface area (Å²) in [7, 11) is 0. The van der Waals surface area contributed by atoms with Crippen LogP contribution < -0.4 is 0 Å². The Balaban J connectivity index is 1.69. The Morgan fingerprint density at radius 2 is 1.82 bits per heavy atom. The molecule has 0 saturated carbocycles. The Kier molecular flexibility index (Phi) is 4.72. The van der Waals surface area contributed by atoms with Crippen LogP contribution in [0.2, 0.25) is 0 Å². The van der Waals surface area contributed by atoms with Crippen molar-refractivity contribution in [3.63, 3.8) is 0 Å². The van der Waals surface area contributed by atoms with Crippen LogP contribution in [0.4, 0.5) is 0 Å². The summed E-state index contributed by atoms with van der Waals surface area (Å²) in [6, 6.07) is 18.3. The van der Waals surface area contributed by atoms with Gasteiger partial charge in [-0.05, 0) is 43.3 Å². The van der Waals surface area contributed by atoms with E-state index in [9.17, 15) is 9.59 Å². The van der Waals surface area contributed by atoms with Gasteiger partial charge in [-0.15, -0.1) is 0 Å². The molecule has 0 spiro atoms. The fourth-order valence-electron chi connectivity index (χ4n) is 3.02. The smallest absolute Gasteiger partial charge is 0.221 e. The van der Waals surface area contributed by atoms with Gasteiger partial charge in [0, 0.05) is 5.56 Å². The van der Waals surface area contributed by atoms with Gasteiger partial charge in [-0.2, -0.15) is 0 Å². The summed E-state index contributed by atoms with van der Waals surface area (Å²) < 4.78 is 6.89. The maximum Gasteiger partial charge on any atom is 0.221 e. The predicted octanol–water partition coefficient (Wildman–Crippen LogP) is 4.72. The van der Waals surface area contributed by atoms with Crippen LogP contribution in [0.1, 0.15) is 32.3 Å². The van der Waals surface area contributed by atoms with E-state index in [1.165, 1.54) is 6.08 Å². The first-order chi connectivity index (χ1) is 13.6. The molecular formula is C23H18N2O3. The molecule has 5 heteroatoms. The van der Waals surface area contributed by atoms with Crippen molar-refractivity contribution < 1.29 is 14.0 Å². The number of aryl methyl sites for hydroxylation is 1. The van der Waals surface area contributed by atoms with Gasteiger partial charge in [0.2, 0.25) is 5.78 Å². The van der Waals surface area contributed by atoms with E-state index in [2.05, 4.69) is 4.98 Å². The number of para-hydroxylation sites is 2. The number of Topliss-reactive ketones (excluding diaryl/α,β-unsaturated/α-hetero) is 1. The van der Waals surface area contributed by atoms with Crippen molar-refractivity contribution in [3.05, 3.63) is 95.7 Å². The lowest BCUT2D eigenvalue weighted by Gasteiger charge is -2.07. The lowest BCUT2D eigenvalue weighted by Crippen LogP contribution is -2.15. The maximum absolute atomic E-state index is 12.8. The molecule has 0 fully saturated rings. The predicted molar refractivity (Wildman–Crippen MR) is 107 cm³/mol. The highest BCUT2D eigenvalue weighted by Gasteiger charge is 2.18. The van der Waals surface area contributed by atoms with Crippen LogP contribution in [0.3, 0.4) is 0 Å². The van der Waals surface area contributed by atoms with Crippen LogP contribution in [0.25, 0.3) is 17.1 Å². The topological polar surface area (TPSA) is 65.1 Å². The van der Waals surface area contributed by atoms with E-state index in [1.807, 2.05) is 43.3 Å². The van der Waals surface area contributed by atoms with Crippen molar-refractivity contribution in [1.82, 2.24) is 9.55 Å². The fraction of sp³-hybridized carbons (Fsp3) is 0.0870. The molecule has 0 bridgehead atoms. The van der Waals surface area contributed by atoms with E-state index >= 15 is 0 Å². The average molecular weight is 370 g/mol. The van der Waals surface area contributed by atoms with Crippen molar-refractivity contribution >= 4 is 28.7 Å². The Labute approximate surface area is 161 Å². The van der Waals surface area contributed by atoms with Crippen LogP contribution >= 0.6 is 0 Å². The third kappa shape index (κ3) is 3.55. The van der Waals surface area contributed by atoms with Crippen LogP contribution in [-0.2, 0) is 6.54 Å². The number of rotatable bonds is 6. The molecular weight excluding hydrogens is 352 g/mol. The van der Waals surface area contributed by atoms with Crippen molar-refractivity contribution in [2.24, 2.45) is 0 Å². The minimum absolute atomic E-state index is 0.0409. The number of fused-ring (bicyclic) bond motifs is 1. The zero-order valence-corrected chi connectivity index (χ0v) is 15.3. The minimum Gasteiger partial charge on any atom is -0.465 e. The molecule has 0 aliphatic rings. The SMILES string of the molecule is Cc1ccc(C(=O)Cn2c(C(=O)/C=C/c3ccco3)nc3ccccc32)cc1. The summed E-state index contributed by atoms with van der Waals surface area (Å²) in [5.41, 5.74) is 3.11. The first-order valence-corrected chi connectivity index (χ1v) is 8.93. The Bertz CT molecular complexity index is 1170. The number of carbonyl (C=O) groups is 2. The van der Waals surface area contributed by atoms with Gasteiger partial charge in [0.15, 0.2) is 11.6 Å². The van der Waals surface area contributed by atoms with Crippen LogP contribution in [0, 0.1) is 6.92 Å². The van der Waals surface area contributed by atoms with E-state index in [-0.39, 0.29) is 23.9 Å². The van der Waals surface area contributed by atoms with Crippen molar-refractivity contribution in [2.45, 2.75) is 13.5 Å². The molecule has 4 rings (SSSR count). The Hall–Kier alpha value is -3.73. The highest BCUT2D eigenvalue weighted by Crippen LogP contribution is 2.18. The second kappa shape index (κ2) is 7.48. The summed E-state index contributed by atoms with van der Waals surface area (Å²) >= 11 is 0. The Morgan fingerprint density at radius 1 is 1.04 bits per heavy atom. The molecule has 0 saturated heterocycles. The zero-order chi connectivity index (χ0) is 19.5. The summed E-state index contributed by atoms with van der Waals surface area (Å²) in [5.74, 6) is 0.438. The number of benzene rings is 2. The van der Waals surface area contributed by atoms with Gasteiger partial charge in [-0.3, -0.25) is 9.59 Å². The van der Waals surface area contributed by atoms with Crippen LogP contribution in [0.5, 0.6) is 0 Å². The molecule has 4 aromatic rings. The van der Waals surface area contributed by atoms with Gasteiger partial charge < -0.3 is 8.98 Å². The zero-order valence-electron chi connectivity index (χ0n) is 15.3. The van der Waals surface area contributed by atoms with Crippen LogP contribution in [0.15, 0.2) is 77.4 Å². The molecule has 0 aliphatic carbocycles. The molecule has 0 radical (unpaired) electrons. The minimum atomic E-state index is -0.288. The van der Waals surface area contributed by atoms with Crippen molar-refractivity contribution in [1.29, 1.82) is 0 Å². The number of imidazole rings is 1. The number of hydrogen-bond acceptors (Lipinski definition) is 4. The fourth-order valence-corrected chi connectivity index (χ4v) is 3.02. The second-order valence-electron chi connectivity index (χ2n) is 6.51. The maximum atomic E-state index is 12.8. The van der Waals surface area contributed by atoms with Gasteiger partial charge in [-0.1, -0.05) is 42.0 Å². The van der Waals surface area contributed by atoms with E-state index in [4.69, 9.17) is 4.42 Å². The van der Waals surface area contributed by atoms with Crippen molar-refractivity contribution in [2.75, 3.05) is 0 Å². The molecule has 28 heavy (non-hydrogen) atoms. The second-order valence-corrected chi connectivity index (χ2v) is 6.51. The van der Waals surface area contributed by atoms with Gasteiger partial charge in [0.25, 0.3) is 0 Å². The summed E-state index contributed by atoms with van der Waals surface area (Å²) in [6.07, 6.45) is 4.54. The molecule has 2 heterocycles. The molecule has 0 unspecified atom stereocenters. The van der Waals surface area contributed by atoms with E-state index < -0.39 is 0 Å². The van der Waals surface area contributed by atoms with E-state index in [0.717, 1.165) is 11.1 Å². The standard InChI is InChI=1S/C23H18N2O3/c1-16-8-10-17(11-9-16)22(27)15-25-20-7-3-2-6-19(20)24-23(25)21(26)13-12-18-5-4-14-28-18/h2-14H,15H2,1H3/b13-12+. The van der Waals surface area contributed by atoms with Crippen LogP contribution in [-0.4, -0.2) is 21.1 Å². The quantitative estimate of drug-likeness (QED) is 0.364. The number of carbonyl (C=O) groups excluding carboxylic acids is 2. The molecule has 0 amide bonds. The van der Waals surface area contributed by atoms with Gasteiger partial charge in [0.1, 0.15) is 5.76 Å². The molecule has 0 atom stereocenters. The Morgan fingerprint density at radius 3 is 2.57 bits per heavy atom. The monoisotopic (exact) mass is 370 g/mol. The molecule has 138 valence electrons. The molecule has 2 aromatic carbocycles. The lowest BCUT2D eigenvalue weighted by atomic mass is 10.1. The molecule has 0 N–H and O–H groups in total. The van der Waals surface area contributed by atoms with Gasteiger partial charge in [-0.25, -0.2) is 4.98 Å². The van der Waals surface area contributed by atoms with E-state index in [1.54, 1.807) is 41.2 Å². The first-order valence-electron chi connectivity index (χ1n) is 8.93. The van der Waals surface area contributed by atoms with E-state index in [0.29, 0.717) is 16.8 Å². The molecule has 0 aliphatic heterocycles. The molecule has 2 aromatic heterocycles.